The summed E-state index contributed by atoms with van der Waals surface area (Å²) >= 11 is 1.72. The van der Waals surface area contributed by atoms with Crippen LogP contribution in [-0.4, -0.2) is 51.2 Å². The first-order valence-corrected chi connectivity index (χ1v) is 12.0. The summed E-state index contributed by atoms with van der Waals surface area (Å²) in [5.74, 6) is 1.46. The summed E-state index contributed by atoms with van der Waals surface area (Å²) in [4.78, 5) is 5.99. The molecular formula is C18H30IN3O3S2. The minimum atomic E-state index is -2.86. The van der Waals surface area contributed by atoms with E-state index in [1.54, 1.807) is 11.3 Å². The largest absolute Gasteiger partial charge is 0.378 e. The quantitative estimate of drug-likeness (QED) is 0.350. The first-order valence-electron chi connectivity index (χ1n) is 9.34. The van der Waals surface area contributed by atoms with E-state index in [9.17, 15) is 8.42 Å². The lowest BCUT2D eigenvalue weighted by Crippen LogP contribution is -2.47. The molecule has 0 saturated carbocycles. The molecule has 6 nitrogen and oxygen atoms in total. The molecule has 9 heteroatoms. The van der Waals surface area contributed by atoms with Crippen molar-refractivity contribution in [3.63, 3.8) is 0 Å². The molecule has 2 fully saturated rings. The molecule has 2 saturated heterocycles. The average molecular weight is 527 g/mol. The predicted octanol–water partition coefficient (Wildman–Crippen LogP) is 2.96. The number of hydrogen-bond acceptors (Lipinski definition) is 5. The molecule has 2 N–H and O–H groups in total. The summed E-state index contributed by atoms with van der Waals surface area (Å²) in [6.45, 7) is 5.52. The lowest BCUT2D eigenvalue weighted by Gasteiger charge is -2.30. The molecule has 4 unspecified atom stereocenters. The summed E-state index contributed by atoms with van der Waals surface area (Å²) in [6.07, 6.45) is 2.87. The van der Waals surface area contributed by atoms with Crippen LogP contribution in [-0.2, 0) is 14.6 Å². The minimum absolute atomic E-state index is 0. The highest BCUT2D eigenvalue weighted by atomic mass is 127. The molecule has 0 amide bonds. The summed E-state index contributed by atoms with van der Waals surface area (Å²) in [6, 6.07) is 4.64. The Morgan fingerprint density at radius 1 is 1.44 bits per heavy atom. The summed E-state index contributed by atoms with van der Waals surface area (Å²) in [5.41, 5.74) is 0. The van der Waals surface area contributed by atoms with Gasteiger partial charge in [-0.05, 0) is 50.5 Å². The second kappa shape index (κ2) is 10.4. The van der Waals surface area contributed by atoms with E-state index in [1.165, 1.54) is 4.88 Å². The molecule has 1 aromatic rings. The van der Waals surface area contributed by atoms with Gasteiger partial charge in [0, 0.05) is 24.1 Å². The Morgan fingerprint density at radius 2 is 2.26 bits per heavy atom. The molecule has 0 bridgehead atoms. The van der Waals surface area contributed by atoms with E-state index in [0.717, 1.165) is 25.4 Å². The molecule has 3 rings (SSSR count). The third-order valence-electron chi connectivity index (χ3n) is 4.98. The monoisotopic (exact) mass is 527 g/mol. The lowest BCUT2D eigenvalue weighted by molar-refractivity contribution is 0.0165. The zero-order valence-electron chi connectivity index (χ0n) is 15.9. The number of guanidine groups is 1. The highest BCUT2D eigenvalue weighted by Gasteiger charge is 2.28. The van der Waals surface area contributed by atoms with Crippen LogP contribution in [0, 0.1) is 5.92 Å². The highest BCUT2D eigenvalue weighted by Crippen LogP contribution is 2.20. The Morgan fingerprint density at radius 3 is 2.89 bits per heavy atom. The van der Waals surface area contributed by atoms with Crippen LogP contribution in [0.2, 0.25) is 0 Å². The predicted molar refractivity (Wildman–Crippen MR) is 122 cm³/mol. The van der Waals surface area contributed by atoms with E-state index < -0.39 is 9.84 Å². The fourth-order valence-electron chi connectivity index (χ4n) is 3.51. The minimum Gasteiger partial charge on any atom is -0.378 e. The summed E-state index contributed by atoms with van der Waals surface area (Å²) < 4.78 is 29.0. The van der Waals surface area contributed by atoms with E-state index in [1.807, 2.05) is 6.07 Å². The van der Waals surface area contributed by atoms with Gasteiger partial charge in [-0.25, -0.2) is 8.42 Å². The van der Waals surface area contributed by atoms with Crippen molar-refractivity contribution in [3.05, 3.63) is 22.4 Å². The van der Waals surface area contributed by atoms with Crippen molar-refractivity contribution in [2.24, 2.45) is 10.9 Å². The fraction of sp³-hybridized carbons (Fsp3) is 0.722. The van der Waals surface area contributed by atoms with E-state index in [2.05, 4.69) is 35.9 Å². The highest BCUT2D eigenvalue weighted by molar-refractivity contribution is 14.0. The SMILES string of the molecule is CC1CC(NC(=NCC2CCS(=O)(=O)C2)NC(C)c2cccs2)CCO1.I. The number of rotatable bonds is 5. The van der Waals surface area contributed by atoms with Crippen LogP contribution in [0.3, 0.4) is 0 Å². The average Bonchev–Trinajstić information content (AvgIpc) is 3.22. The maximum atomic E-state index is 11.7. The second-order valence-electron chi connectivity index (χ2n) is 7.39. The number of nitrogens with zero attached hydrogens (tertiary/aromatic N) is 1. The Kier molecular flexibility index (Phi) is 8.82. The standard InChI is InChI=1S/C18H29N3O3S2.HI/c1-13-10-16(5-7-24-13)21-18(20-14(2)17-4-3-8-25-17)19-11-15-6-9-26(22,23)12-15;/h3-4,8,13-16H,5-7,9-12H2,1-2H3,(H2,19,20,21);1H. The first kappa shape index (κ1) is 22.9. The van der Waals surface area contributed by atoms with Crippen molar-refractivity contribution in [2.45, 2.75) is 51.3 Å². The van der Waals surface area contributed by atoms with Gasteiger partial charge in [0.05, 0.1) is 23.7 Å². The Labute approximate surface area is 183 Å². The topological polar surface area (TPSA) is 79.8 Å². The van der Waals surface area contributed by atoms with Crippen LogP contribution in [0.25, 0.3) is 0 Å². The maximum Gasteiger partial charge on any atom is 0.191 e. The number of nitrogens with one attached hydrogen (secondary N) is 2. The Hall–Kier alpha value is -0.390. The summed E-state index contributed by atoms with van der Waals surface area (Å²) in [5, 5.41) is 9.09. The van der Waals surface area contributed by atoms with E-state index in [4.69, 9.17) is 9.73 Å². The van der Waals surface area contributed by atoms with E-state index >= 15 is 0 Å². The van der Waals surface area contributed by atoms with Crippen LogP contribution in [0.1, 0.15) is 44.0 Å². The number of aliphatic imine (C=N–C) groups is 1. The molecule has 2 aliphatic rings. The number of ether oxygens (including phenoxy) is 1. The van der Waals surface area contributed by atoms with Crippen LogP contribution in [0.5, 0.6) is 0 Å². The van der Waals surface area contributed by atoms with Crippen LogP contribution in [0.4, 0.5) is 0 Å². The van der Waals surface area contributed by atoms with Gasteiger partial charge in [-0.15, -0.1) is 35.3 Å². The van der Waals surface area contributed by atoms with Gasteiger partial charge in [-0.3, -0.25) is 4.99 Å². The van der Waals surface area contributed by atoms with Crippen molar-refractivity contribution < 1.29 is 13.2 Å². The number of sulfone groups is 1. The molecule has 3 heterocycles. The Balaban J connectivity index is 0.00000261. The van der Waals surface area contributed by atoms with E-state index in [0.29, 0.717) is 24.8 Å². The second-order valence-corrected chi connectivity index (χ2v) is 10.6. The van der Waals surface area contributed by atoms with Gasteiger partial charge in [0.25, 0.3) is 0 Å². The number of halogens is 1. The number of thiophene rings is 1. The van der Waals surface area contributed by atoms with Crippen LogP contribution < -0.4 is 10.6 Å². The van der Waals surface area contributed by atoms with Crippen molar-refractivity contribution in [1.82, 2.24) is 10.6 Å². The molecule has 27 heavy (non-hydrogen) atoms. The molecule has 0 spiro atoms. The van der Waals surface area contributed by atoms with Crippen molar-refractivity contribution in [2.75, 3.05) is 24.7 Å². The third-order valence-corrected chi connectivity index (χ3v) is 7.88. The van der Waals surface area contributed by atoms with Gasteiger partial charge in [-0.2, -0.15) is 0 Å². The van der Waals surface area contributed by atoms with E-state index in [-0.39, 0.29) is 47.8 Å². The van der Waals surface area contributed by atoms with Crippen molar-refractivity contribution in [1.29, 1.82) is 0 Å². The van der Waals surface area contributed by atoms with Crippen molar-refractivity contribution in [3.8, 4) is 0 Å². The van der Waals surface area contributed by atoms with Gasteiger partial charge in [0.2, 0.25) is 0 Å². The fourth-order valence-corrected chi connectivity index (χ4v) is 6.09. The Bertz CT molecular complexity index is 709. The first-order chi connectivity index (χ1) is 12.4. The zero-order valence-corrected chi connectivity index (χ0v) is 19.9. The molecule has 1 aromatic heterocycles. The van der Waals surface area contributed by atoms with Crippen LogP contribution in [0.15, 0.2) is 22.5 Å². The van der Waals surface area contributed by atoms with Gasteiger partial charge < -0.3 is 15.4 Å². The van der Waals surface area contributed by atoms with Crippen LogP contribution >= 0.6 is 35.3 Å². The molecule has 4 atom stereocenters. The third kappa shape index (κ3) is 7.17. The summed E-state index contributed by atoms with van der Waals surface area (Å²) in [7, 11) is -2.86. The molecule has 0 radical (unpaired) electrons. The molecule has 154 valence electrons. The van der Waals surface area contributed by atoms with Gasteiger partial charge in [0.15, 0.2) is 15.8 Å². The normalized spacial score (nSPS) is 29.0. The van der Waals surface area contributed by atoms with Gasteiger partial charge in [-0.1, -0.05) is 6.07 Å². The van der Waals surface area contributed by atoms with Crippen molar-refractivity contribution >= 4 is 51.1 Å². The molecule has 2 aliphatic heterocycles. The smallest absolute Gasteiger partial charge is 0.191 e. The van der Waals surface area contributed by atoms with Gasteiger partial charge in [0.1, 0.15) is 0 Å². The maximum absolute atomic E-state index is 11.7. The zero-order chi connectivity index (χ0) is 18.6. The molecule has 0 aromatic carbocycles. The lowest BCUT2D eigenvalue weighted by atomic mass is 10.0. The number of hydrogen-bond donors (Lipinski definition) is 2. The molecular weight excluding hydrogens is 497 g/mol. The molecule has 0 aliphatic carbocycles. The van der Waals surface area contributed by atoms with Gasteiger partial charge >= 0.3 is 0 Å².